The van der Waals surface area contributed by atoms with Crippen molar-refractivity contribution in [3.05, 3.63) is 34.5 Å². The SMILES string of the molecule is COc1ncccc1CNC(=O)c1sc(N)nc1C. The summed E-state index contributed by atoms with van der Waals surface area (Å²) in [7, 11) is 1.54. The lowest BCUT2D eigenvalue weighted by Crippen LogP contribution is -2.23. The molecule has 2 aromatic rings. The summed E-state index contributed by atoms with van der Waals surface area (Å²) in [4.78, 5) is 20.6. The standard InChI is InChI=1S/C12H14N4O2S/c1-7-9(19-12(13)16-7)10(17)15-6-8-4-3-5-14-11(8)18-2/h3-5H,6H2,1-2H3,(H2,13,16)(H,15,17). The van der Waals surface area contributed by atoms with E-state index in [1.165, 1.54) is 11.3 Å². The molecule has 0 aliphatic carbocycles. The number of hydrogen-bond donors (Lipinski definition) is 2. The molecule has 0 aliphatic heterocycles. The van der Waals surface area contributed by atoms with Crippen LogP contribution >= 0.6 is 11.3 Å². The number of methoxy groups -OCH3 is 1. The molecule has 2 heterocycles. The van der Waals surface area contributed by atoms with Crippen LogP contribution in [0.1, 0.15) is 20.9 Å². The second-order valence-electron chi connectivity index (χ2n) is 3.82. The Labute approximate surface area is 114 Å². The van der Waals surface area contributed by atoms with Crippen LogP contribution in [-0.2, 0) is 6.54 Å². The summed E-state index contributed by atoms with van der Waals surface area (Å²) in [6.45, 7) is 2.10. The number of pyridine rings is 1. The summed E-state index contributed by atoms with van der Waals surface area (Å²) < 4.78 is 5.12. The maximum absolute atomic E-state index is 12.0. The number of amides is 1. The third-order valence-electron chi connectivity index (χ3n) is 2.50. The molecule has 19 heavy (non-hydrogen) atoms. The van der Waals surface area contributed by atoms with E-state index in [9.17, 15) is 4.79 Å². The zero-order valence-electron chi connectivity index (χ0n) is 10.6. The number of anilines is 1. The number of nitrogens with two attached hydrogens (primary N) is 1. The number of nitrogens with one attached hydrogen (secondary N) is 1. The quantitative estimate of drug-likeness (QED) is 0.881. The second-order valence-corrected chi connectivity index (χ2v) is 4.85. The highest BCUT2D eigenvalue weighted by molar-refractivity contribution is 7.17. The van der Waals surface area contributed by atoms with E-state index >= 15 is 0 Å². The minimum atomic E-state index is -0.197. The Bertz CT molecular complexity index is 597. The largest absolute Gasteiger partial charge is 0.481 e. The van der Waals surface area contributed by atoms with Crippen molar-refractivity contribution in [1.29, 1.82) is 0 Å². The molecule has 0 saturated heterocycles. The van der Waals surface area contributed by atoms with Gasteiger partial charge in [0.05, 0.1) is 12.8 Å². The molecule has 2 aromatic heterocycles. The van der Waals surface area contributed by atoms with E-state index in [0.29, 0.717) is 28.1 Å². The predicted octanol–water partition coefficient (Wildman–Crippen LogP) is 1.37. The summed E-state index contributed by atoms with van der Waals surface area (Å²) in [5.41, 5.74) is 7.02. The number of nitrogens with zero attached hydrogens (tertiary/aromatic N) is 2. The van der Waals surface area contributed by atoms with Gasteiger partial charge in [-0.05, 0) is 13.0 Å². The van der Waals surface area contributed by atoms with Crippen molar-refractivity contribution in [3.63, 3.8) is 0 Å². The van der Waals surface area contributed by atoms with Crippen LogP contribution in [0.2, 0.25) is 0 Å². The van der Waals surface area contributed by atoms with Crippen molar-refractivity contribution in [2.45, 2.75) is 13.5 Å². The fourth-order valence-corrected chi connectivity index (χ4v) is 2.38. The Morgan fingerprint density at radius 1 is 1.58 bits per heavy atom. The van der Waals surface area contributed by atoms with Gasteiger partial charge >= 0.3 is 0 Å². The van der Waals surface area contributed by atoms with Crippen molar-refractivity contribution in [1.82, 2.24) is 15.3 Å². The Balaban J connectivity index is 2.06. The number of hydrogen-bond acceptors (Lipinski definition) is 6. The lowest BCUT2D eigenvalue weighted by atomic mass is 10.2. The van der Waals surface area contributed by atoms with Gasteiger partial charge in [-0.1, -0.05) is 17.4 Å². The number of nitrogen functional groups attached to an aromatic ring is 1. The number of ether oxygens (including phenoxy) is 1. The third kappa shape index (κ3) is 3.00. The molecule has 1 amide bonds. The monoisotopic (exact) mass is 278 g/mol. The van der Waals surface area contributed by atoms with E-state index in [1.54, 1.807) is 26.3 Å². The van der Waals surface area contributed by atoms with E-state index < -0.39 is 0 Å². The lowest BCUT2D eigenvalue weighted by molar-refractivity contribution is 0.0954. The lowest BCUT2D eigenvalue weighted by Gasteiger charge is -2.07. The smallest absolute Gasteiger partial charge is 0.263 e. The Kier molecular flexibility index (Phi) is 3.96. The molecule has 0 spiro atoms. The zero-order chi connectivity index (χ0) is 13.8. The van der Waals surface area contributed by atoms with Crippen molar-refractivity contribution in [2.24, 2.45) is 0 Å². The summed E-state index contributed by atoms with van der Waals surface area (Å²) >= 11 is 1.18. The molecule has 0 aromatic carbocycles. The van der Waals surface area contributed by atoms with Crippen molar-refractivity contribution in [3.8, 4) is 5.88 Å². The van der Waals surface area contributed by atoms with Crippen LogP contribution in [-0.4, -0.2) is 23.0 Å². The molecule has 0 radical (unpaired) electrons. The molecule has 100 valence electrons. The van der Waals surface area contributed by atoms with Crippen LogP contribution in [0.4, 0.5) is 5.13 Å². The van der Waals surface area contributed by atoms with E-state index in [0.717, 1.165) is 5.56 Å². The Morgan fingerprint density at radius 2 is 2.37 bits per heavy atom. The molecule has 2 rings (SSSR count). The topological polar surface area (TPSA) is 90.1 Å². The van der Waals surface area contributed by atoms with Crippen molar-refractivity contribution < 1.29 is 9.53 Å². The highest BCUT2D eigenvalue weighted by Gasteiger charge is 2.14. The minimum absolute atomic E-state index is 0.197. The van der Waals surface area contributed by atoms with Gasteiger partial charge in [0, 0.05) is 18.3 Å². The van der Waals surface area contributed by atoms with Crippen LogP contribution in [0.5, 0.6) is 5.88 Å². The van der Waals surface area contributed by atoms with Crippen molar-refractivity contribution in [2.75, 3.05) is 12.8 Å². The summed E-state index contributed by atoms with van der Waals surface area (Å²) in [6, 6.07) is 3.64. The molecule has 0 saturated carbocycles. The van der Waals surface area contributed by atoms with E-state index in [2.05, 4.69) is 15.3 Å². The average Bonchev–Trinajstić information content (AvgIpc) is 2.75. The molecule has 0 fully saturated rings. The number of aromatic nitrogens is 2. The number of thiazole rings is 1. The minimum Gasteiger partial charge on any atom is -0.481 e. The predicted molar refractivity (Wildman–Crippen MR) is 73.2 cm³/mol. The number of carbonyl (C=O) groups is 1. The van der Waals surface area contributed by atoms with E-state index in [4.69, 9.17) is 10.5 Å². The first-order valence-electron chi connectivity index (χ1n) is 5.60. The van der Waals surface area contributed by atoms with Gasteiger partial charge in [-0.2, -0.15) is 0 Å². The van der Waals surface area contributed by atoms with Gasteiger partial charge in [0.25, 0.3) is 5.91 Å². The average molecular weight is 278 g/mol. The number of aryl methyl sites for hydroxylation is 1. The summed E-state index contributed by atoms with van der Waals surface area (Å²) in [6.07, 6.45) is 1.64. The molecule has 3 N–H and O–H groups in total. The maximum atomic E-state index is 12.0. The Hall–Kier alpha value is -2.15. The van der Waals surface area contributed by atoms with Gasteiger partial charge in [0.15, 0.2) is 5.13 Å². The Morgan fingerprint density at radius 3 is 3.00 bits per heavy atom. The summed E-state index contributed by atoms with van der Waals surface area (Å²) in [5.74, 6) is 0.306. The maximum Gasteiger partial charge on any atom is 0.263 e. The van der Waals surface area contributed by atoms with Crippen LogP contribution in [0.3, 0.4) is 0 Å². The summed E-state index contributed by atoms with van der Waals surface area (Å²) in [5, 5.41) is 3.19. The fraction of sp³-hybridized carbons (Fsp3) is 0.250. The van der Waals surface area contributed by atoms with Gasteiger partial charge in [-0.25, -0.2) is 9.97 Å². The van der Waals surface area contributed by atoms with Crippen molar-refractivity contribution >= 4 is 22.4 Å². The zero-order valence-corrected chi connectivity index (χ0v) is 11.5. The molecule has 7 heteroatoms. The highest BCUT2D eigenvalue weighted by atomic mass is 32.1. The molecule has 0 atom stereocenters. The van der Waals surface area contributed by atoms with Gasteiger partial charge in [0.2, 0.25) is 5.88 Å². The van der Waals surface area contributed by atoms with Crippen LogP contribution in [0, 0.1) is 6.92 Å². The van der Waals surface area contributed by atoms with E-state index in [-0.39, 0.29) is 5.91 Å². The van der Waals surface area contributed by atoms with Crippen LogP contribution in [0.15, 0.2) is 18.3 Å². The molecular formula is C12H14N4O2S. The second kappa shape index (κ2) is 5.66. The van der Waals surface area contributed by atoms with Gasteiger partial charge < -0.3 is 15.8 Å². The first kappa shape index (κ1) is 13.3. The fourth-order valence-electron chi connectivity index (χ4n) is 1.63. The van der Waals surface area contributed by atoms with E-state index in [1.807, 2.05) is 6.07 Å². The molecular weight excluding hydrogens is 264 g/mol. The first-order chi connectivity index (χ1) is 9.11. The van der Waals surface area contributed by atoms with Crippen LogP contribution in [0.25, 0.3) is 0 Å². The molecule has 0 aliphatic rings. The first-order valence-corrected chi connectivity index (χ1v) is 6.42. The third-order valence-corrected chi connectivity index (χ3v) is 3.49. The van der Waals surface area contributed by atoms with Gasteiger partial charge in [-0.15, -0.1) is 0 Å². The number of carbonyl (C=O) groups excluding carboxylic acids is 1. The molecule has 0 bridgehead atoms. The van der Waals surface area contributed by atoms with Gasteiger partial charge in [0.1, 0.15) is 4.88 Å². The van der Waals surface area contributed by atoms with Gasteiger partial charge in [-0.3, -0.25) is 4.79 Å². The molecule has 6 nitrogen and oxygen atoms in total. The highest BCUT2D eigenvalue weighted by Crippen LogP contribution is 2.20. The normalized spacial score (nSPS) is 10.2. The molecule has 0 unspecified atom stereocenters. The number of rotatable bonds is 4. The van der Waals surface area contributed by atoms with Crippen LogP contribution < -0.4 is 15.8 Å².